The Hall–Kier alpha value is -1.13. The van der Waals surface area contributed by atoms with E-state index in [1.165, 1.54) is 23.1 Å². The van der Waals surface area contributed by atoms with Crippen LogP contribution in [0.15, 0.2) is 18.2 Å². The third-order valence-electron chi connectivity index (χ3n) is 2.96. The summed E-state index contributed by atoms with van der Waals surface area (Å²) in [7, 11) is 1.57. The molecule has 17 heavy (non-hydrogen) atoms. The molecule has 92 valence electrons. The first-order valence-corrected chi connectivity index (χ1v) is 5.93. The van der Waals surface area contributed by atoms with Crippen LogP contribution in [0, 0.1) is 5.82 Å². The minimum atomic E-state index is -0.441. The van der Waals surface area contributed by atoms with E-state index >= 15 is 0 Å². The van der Waals surface area contributed by atoms with Crippen molar-refractivity contribution in [2.45, 2.75) is 18.9 Å². The Morgan fingerprint density at radius 2 is 2.35 bits per heavy atom. The third kappa shape index (κ3) is 2.58. The number of nitrogens with zero attached hydrogens (tertiary/aromatic N) is 1. The minimum absolute atomic E-state index is 0.122. The van der Waals surface area contributed by atoms with Crippen molar-refractivity contribution in [3.05, 3.63) is 29.0 Å². The average Bonchev–Trinajstić information content (AvgIpc) is 2.84. The summed E-state index contributed by atoms with van der Waals surface area (Å²) in [5.74, 6) is -0.563. The van der Waals surface area contributed by atoms with E-state index in [0.717, 1.165) is 19.4 Å². The highest BCUT2D eigenvalue weighted by Crippen LogP contribution is 2.24. The SMILES string of the molecule is CN(C(=O)C1CCCN1)c1cc(Cl)ccc1F. The topological polar surface area (TPSA) is 32.3 Å². The van der Waals surface area contributed by atoms with E-state index in [0.29, 0.717) is 5.02 Å². The second-order valence-electron chi connectivity index (χ2n) is 4.14. The summed E-state index contributed by atoms with van der Waals surface area (Å²) in [6.45, 7) is 0.836. The highest BCUT2D eigenvalue weighted by Gasteiger charge is 2.26. The lowest BCUT2D eigenvalue weighted by atomic mass is 10.2. The maximum atomic E-state index is 13.6. The Labute approximate surface area is 105 Å². The van der Waals surface area contributed by atoms with Crippen molar-refractivity contribution in [2.24, 2.45) is 0 Å². The minimum Gasteiger partial charge on any atom is -0.311 e. The predicted molar refractivity (Wildman–Crippen MR) is 65.8 cm³/mol. The molecule has 1 aliphatic rings. The molecule has 1 aromatic rings. The Bertz CT molecular complexity index is 433. The number of nitrogens with one attached hydrogen (secondary N) is 1. The van der Waals surface area contributed by atoms with E-state index in [-0.39, 0.29) is 17.6 Å². The van der Waals surface area contributed by atoms with Crippen LogP contribution in [0.3, 0.4) is 0 Å². The van der Waals surface area contributed by atoms with Crippen molar-refractivity contribution >= 4 is 23.2 Å². The standard InChI is InChI=1S/C12H14ClFN2O/c1-16(12(17)10-3-2-6-15-10)11-7-8(13)4-5-9(11)14/h4-5,7,10,15H,2-3,6H2,1H3. The summed E-state index contributed by atoms with van der Waals surface area (Å²) in [6, 6.07) is 3.98. The van der Waals surface area contributed by atoms with Gasteiger partial charge in [-0.05, 0) is 37.6 Å². The number of likely N-dealkylation sites (N-methyl/N-ethyl adjacent to an activating group) is 1. The quantitative estimate of drug-likeness (QED) is 0.880. The van der Waals surface area contributed by atoms with Crippen LogP contribution in [-0.2, 0) is 4.79 Å². The lowest BCUT2D eigenvalue weighted by molar-refractivity contribution is -0.120. The van der Waals surface area contributed by atoms with Crippen LogP contribution >= 0.6 is 11.6 Å². The highest BCUT2D eigenvalue weighted by atomic mass is 35.5. The summed E-state index contributed by atoms with van der Waals surface area (Å²) in [4.78, 5) is 13.4. The van der Waals surface area contributed by atoms with E-state index in [4.69, 9.17) is 11.6 Å². The lowest BCUT2D eigenvalue weighted by Crippen LogP contribution is -2.42. The zero-order valence-corrected chi connectivity index (χ0v) is 10.3. The maximum Gasteiger partial charge on any atom is 0.243 e. The molecule has 5 heteroatoms. The van der Waals surface area contributed by atoms with Crippen molar-refractivity contribution in [3.63, 3.8) is 0 Å². The van der Waals surface area contributed by atoms with Gasteiger partial charge in [-0.25, -0.2) is 4.39 Å². The van der Waals surface area contributed by atoms with Gasteiger partial charge in [0.2, 0.25) is 5.91 Å². The average molecular weight is 257 g/mol. The second-order valence-corrected chi connectivity index (χ2v) is 4.58. The summed E-state index contributed by atoms with van der Waals surface area (Å²) in [5.41, 5.74) is 0.219. The Kier molecular flexibility index (Phi) is 3.64. The molecule has 1 unspecified atom stereocenters. The molecule has 0 aliphatic carbocycles. The molecule has 0 spiro atoms. The summed E-state index contributed by atoms with van der Waals surface area (Å²) < 4.78 is 13.6. The zero-order chi connectivity index (χ0) is 12.4. The summed E-state index contributed by atoms with van der Waals surface area (Å²) in [5, 5.41) is 3.51. The van der Waals surface area contributed by atoms with Gasteiger partial charge >= 0.3 is 0 Å². The van der Waals surface area contributed by atoms with Gasteiger partial charge < -0.3 is 10.2 Å². The van der Waals surface area contributed by atoms with Gasteiger partial charge in [0, 0.05) is 12.1 Å². The van der Waals surface area contributed by atoms with Crippen molar-refractivity contribution in [1.82, 2.24) is 5.32 Å². The predicted octanol–water partition coefficient (Wildman–Crippen LogP) is 2.19. The smallest absolute Gasteiger partial charge is 0.243 e. The Morgan fingerprint density at radius 1 is 1.59 bits per heavy atom. The molecule has 1 heterocycles. The van der Waals surface area contributed by atoms with Crippen molar-refractivity contribution < 1.29 is 9.18 Å². The van der Waals surface area contributed by atoms with E-state index in [1.54, 1.807) is 7.05 Å². The van der Waals surface area contributed by atoms with Gasteiger partial charge in [0.25, 0.3) is 0 Å². The first-order chi connectivity index (χ1) is 8.09. The second kappa shape index (κ2) is 5.02. The molecular formula is C12H14ClFN2O. The molecule has 0 aromatic heterocycles. The van der Waals surface area contributed by atoms with E-state index in [9.17, 15) is 9.18 Å². The highest BCUT2D eigenvalue weighted by molar-refractivity contribution is 6.30. The number of rotatable bonds is 2. The number of carbonyl (C=O) groups is 1. The number of amides is 1. The fraction of sp³-hybridized carbons (Fsp3) is 0.417. The van der Waals surface area contributed by atoms with Crippen LogP contribution in [0.1, 0.15) is 12.8 Å². The number of benzene rings is 1. The molecule has 1 N–H and O–H groups in total. The molecule has 0 radical (unpaired) electrons. The maximum absolute atomic E-state index is 13.6. The van der Waals surface area contributed by atoms with E-state index in [2.05, 4.69) is 5.32 Å². The van der Waals surface area contributed by atoms with E-state index < -0.39 is 5.82 Å². The van der Waals surface area contributed by atoms with Crippen LogP contribution in [0.5, 0.6) is 0 Å². The molecule has 1 amide bonds. The van der Waals surface area contributed by atoms with Crippen molar-refractivity contribution in [2.75, 3.05) is 18.5 Å². The summed E-state index contributed by atoms with van der Waals surface area (Å²) in [6.07, 6.45) is 1.77. The Morgan fingerprint density at radius 3 is 3.00 bits per heavy atom. The molecule has 3 nitrogen and oxygen atoms in total. The lowest BCUT2D eigenvalue weighted by Gasteiger charge is -2.21. The summed E-state index contributed by atoms with van der Waals surface area (Å²) >= 11 is 5.80. The first-order valence-electron chi connectivity index (χ1n) is 5.55. The van der Waals surface area contributed by atoms with Gasteiger partial charge in [-0.1, -0.05) is 11.6 Å². The van der Waals surface area contributed by atoms with Crippen LogP contribution in [0.4, 0.5) is 10.1 Å². The monoisotopic (exact) mass is 256 g/mol. The number of carbonyl (C=O) groups excluding carboxylic acids is 1. The normalized spacial score (nSPS) is 19.4. The van der Waals surface area contributed by atoms with Crippen molar-refractivity contribution in [1.29, 1.82) is 0 Å². The first kappa shape index (κ1) is 12.3. The molecule has 1 aromatic carbocycles. The third-order valence-corrected chi connectivity index (χ3v) is 3.19. The van der Waals surface area contributed by atoms with Crippen LogP contribution in [-0.4, -0.2) is 25.5 Å². The molecule has 1 saturated heterocycles. The molecule has 1 fully saturated rings. The molecular weight excluding hydrogens is 243 g/mol. The Balaban J connectivity index is 2.20. The van der Waals surface area contributed by atoms with Gasteiger partial charge in [0.1, 0.15) is 5.82 Å². The van der Waals surface area contributed by atoms with Gasteiger partial charge in [-0.2, -0.15) is 0 Å². The molecule has 0 saturated carbocycles. The number of hydrogen-bond acceptors (Lipinski definition) is 2. The molecule has 1 atom stereocenters. The van der Waals surface area contributed by atoms with Crippen LogP contribution in [0.2, 0.25) is 5.02 Å². The van der Waals surface area contributed by atoms with Gasteiger partial charge in [-0.15, -0.1) is 0 Å². The van der Waals surface area contributed by atoms with E-state index in [1.807, 2.05) is 0 Å². The number of hydrogen-bond donors (Lipinski definition) is 1. The number of halogens is 2. The van der Waals surface area contributed by atoms with Crippen molar-refractivity contribution in [3.8, 4) is 0 Å². The molecule has 2 rings (SSSR count). The largest absolute Gasteiger partial charge is 0.311 e. The fourth-order valence-electron chi connectivity index (χ4n) is 1.99. The van der Waals surface area contributed by atoms with Gasteiger partial charge in [-0.3, -0.25) is 4.79 Å². The van der Waals surface area contributed by atoms with Gasteiger partial charge in [0.05, 0.1) is 11.7 Å². The zero-order valence-electron chi connectivity index (χ0n) is 9.54. The van der Waals surface area contributed by atoms with Gasteiger partial charge in [0.15, 0.2) is 0 Å². The molecule has 1 aliphatic heterocycles. The molecule has 0 bridgehead atoms. The van der Waals surface area contributed by atoms with Crippen LogP contribution < -0.4 is 10.2 Å². The number of anilines is 1. The van der Waals surface area contributed by atoms with Crippen LogP contribution in [0.25, 0.3) is 0 Å². The fourth-order valence-corrected chi connectivity index (χ4v) is 2.16.